The number of hydrogen-bond acceptors (Lipinski definition) is 15. The van der Waals surface area contributed by atoms with Crippen LogP contribution >= 0.6 is 35.3 Å². The summed E-state index contributed by atoms with van der Waals surface area (Å²) in [6, 6.07) is 26.2. The minimum atomic E-state index is -1.07. The van der Waals surface area contributed by atoms with E-state index in [1.54, 1.807) is 91.0 Å². The van der Waals surface area contributed by atoms with Crippen LogP contribution in [-0.4, -0.2) is 84.4 Å². The average Bonchev–Trinajstić information content (AvgIpc) is 3.22. The van der Waals surface area contributed by atoms with Gasteiger partial charge in [0.25, 0.3) is 15.7 Å². The molecule has 0 aliphatic carbocycles. The second-order valence-electron chi connectivity index (χ2n) is 12.1. The SMILES string of the molecule is O=C(CCSC(=O)Nc1ccccc1)OCCn1c(=O)n(CCOC(=O)CCSC(=O)Nc2ccccc2)c(=O)n(CCOC(=O)CCSC(=O)Nc2ccccc2)c1=O. The van der Waals surface area contributed by atoms with Crippen molar-refractivity contribution in [2.75, 3.05) is 53.0 Å². The third-order valence-corrected chi connectivity index (χ3v) is 10.1. The summed E-state index contributed by atoms with van der Waals surface area (Å²) in [4.78, 5) is 114. The van der Waals surface area contributed by atoms with Crippen LogP contribution in [0.2, 0.25) is 0 Å². The number of nitrogens with zero attached hydrogens (tertiary/aromatic N) is 3. The zero-order valence-corrected chi connectivity index (χ0v) is 34.6. The molecule has 18 nitrogen and oxygen atoms in total. The van der Waals surface area contributed by atoms with Gasteiger partial charge >= 0.3 is 35.0 Å². The van der Waals surface area contributed by atoms with Crippen LogP contribution in [0.1, 0.15) is 19.3 Å². The van der Waals surface area contributed by atoms with E-state index in [4.69, 9.17) is 14.2 Å². The van der Waals surface area contributed by atoms with E-state index in [1.165, 1.54) is 0 Å². The van der Waals surface area contributed by atoms with Gasteiger partial charge in [0.05, 0.1) is 38.9 Å². The molecule has 4 aromatic rings. The Morgan fingerprint density at radius 1 is 0.417 bits per heavy atom. The van der Waals surface area contributed by atoms with E-state index in [9.17, 15) is 43.2 Å². The van der Waals surface area contributed by atoms with Gasteiger partial charge in [-0.25, -0.2) is 28.1 Å². The molecule has 3 aromatic carbocycles. The van der Waals surface area contributed by atoms with Crippen LogP contribution in [0.15, 0.2) is 105 Å². The average molecular weight is 883 g/mol. The van der Waals surface area contributed by atoms with E-state index in [1.807, 2.05) is 0 Å². The summed E-state index contributed by atoms with van der Waals surface area (Å²) in [6.07, 6.45) is -0.474. The number of nitrogens with one attached hydrogen (secondary N) is 3. The lowest BCUT2D eigenvalue weighted by atomic mass is 10.3. The fourth-order valence-corrected chi connectivity index (χ4v) is 6.87. The maximum absolute atomic E-state index is 13.4. The molecule has 4 rings (SSSR count). The summed E-state index contributed by atoms with van der Waals surface area (Å²) in [6.45, 7) is -2.72. The number of esters is 3. The number of hydrogen-bond donors (Lipinski definition) is 3. The molecule has 60 heavy (non-hydrogen) atoms. The second kappa shape index (κ2) is 25.4. The van der Waals surface area contributed by atoms with Gasteiger partial charge in [-0.15, -0.1) is 0 Å². The van der Waals surface area contributed by atoms with E-state index in [0.717, 1.165) is 35.3 Å². The van der Waals surface area contributed by atoms with Crippen LogP contribution in [0.5, 0.6) is 0 Å². The molecule has 0 radical (unpaired) electrons. The molecule has 1 aromatic heterocycles. The molecule has 3 amide bonds. The highest BCUT2D eigenvalue weighted by molar-refractivity contribution is 8.14. The van der Waals surface area contributed by atoms with Crippen LogP contribution < -0.4 is 33.0 Å². The Morgan fingerprint density at radius 2 is 0.667 bits per heavy atom. The fourth-order valence-electron chi connectivity index (χ4n) is 4.93. The molecule has 0 aliphatic heterocycles. The predicted molar refractivity (Wildman–Crippen MR) is 230 cm³/mol. The Morgan fingerprint density at radius 3 is 0.917 bits per heavy atom. The van der Waals surface area contributed by atoms with Gasteiger partial charge < -0.3 is 30.2 Å². The monoisotopic (exact) mass is 882 g/mol. The summed E-state index contributed by atoms with van der Waals surface area (Å²) in [5.74, 6) is -1.85. The van der Waals surface area contributed by atoms with Gasteiger partial charge in [-0.1, -0.05) is 89.9 Å². The summed E-state index contributed by atoms with van der Waals surface area (Å²) in [5.41, 5.74) is -1.45. The van der Waals surface area contributed by atoms with Crippen molar-refractivity contribution in [2.24, 2.45) is 0 Å². The van der Waals surface area contributed by atoms with Crippen LogP contribution in [0.3, 0.4) is 0 Å². The zero-order valence-electron chi connectivity index (χ0n) is 32.1. The molecule has 0 unspecified atom stereocenters. The number of benzene rings is 3. The molecular weight excluding hydrogens is 841 g/mol. The van der Waals surface area contributed by atoms with Gasteiger partial charge in [-0.3, -0.25) is 28.8 Å². The van der Waals surface area contributed by atoms with Crippen molar-refractivity contribution in [1.82, 2.24) is 13.7 Å². The molecule has 0 saturated carbocycles. The molecule has 3 N–H and O–H groups in total. The first-order chi connectivity index (χ1) is 29.0. The molecule has 0 fully saturated rings. The van der Waals surface area contributed by atoms with E-state index < -0.39 is 74.4 Å². The number of aromatic nitrogens is 3. The van der Waals surface area contributed by atoms with Crippen molar-refractivity contribution in [3.05, 3.63) is 122 Å². The van der Waals surface area contributed by atoms with Gasteiger partial charge in [0.2, 0.25) is 0 Å². The third kappa shape index (κ3) is 16.7. The minimum Gasteiger partial charge on any atom is -0.464 e. The van der Waals surface area contributed by atoms with E-state index in [2.05, 4.69) is 16.0 Å². The van der Waals surface area contributed by atoms with Gasteiger partial charge in [0.1, 0.15) is 19.8 Å². The predicted octanol–water partition coefficient (Wildman–Crippen LogP) is 4.87. The van der Waals surface area contributed by atoms with E-state index >= 15 is 0 Å². The van der Waals surface area contributed by atoms with E-state index in [0.29, 0.717) is 30.8 Å². The lowest BCUT2D eigenvalue weighted by Gasteiger charge is -2.14. The van der Waals surface area contributed by atoms with Gasteiger partial charge in [-0.2, -0.15) is 0 Å². The Balaban J connectivity index is 1.31. The largest absolute Gasteiger partial charge is 0.464 e. The molecule has 0 bridgehead atoms. The molecule has 318 valence electrons. The van der Waals surface area contributed by atoms with Crippen molar-refractivity contribution in [3.8, 4) is 0 Å². The fraction of sp³-hybridized carbons (Fsp3) is 0.308. The normalized spacial score (nSPS) is 10.6. The van der Waals surface area contributed by atoms with Gasteiger partial charge in [-0.05, 0) is 36.4 Å². The van der Waals surface area contributed by atoms with Gasteiger partial charge in [0.15, 0.2) is 0 Å². The number of para-hydroxylation sites is 3. The summed E-state index contributed by atoms with van der Waals surface area (Å²) in [5, 5.41) is 6.88. The molecule has 1 heterocycles. The van der Waals surface area contributed by atoms with Crippen molar-refractivity contribution >= 4 is 86.0 Å². The summed E-state index contributed by atoms with van der Waals surface area (Å²) < 4.78 is 17.5. The van der Waals surface area contributed by atoms with Crippen LogP contribution in [0.25, 0.3) is 0 Å². The number of ether oxygens (including phenoxy) is 3. The number of thioether (sulfide) groups is 3. The van der Waals surface area contributed by atoms with Crippen LogP contribution in [0, 0.1) is 0 Å². The first kappa shape index (κ1) is 46.6. The Bertz CT molecular complexity index is 1970. The highest BCUT2D eigenvalue weighted by Gasteiger charge is 2.18. The molecule has 0 saturated heterocycles. The first-order valence-corrected chi connectivity index (χ1v) is 21.3. The smallest absolute Gasteiger partial charge is 0.336 e. The Hall–Kier alpha value is -6.06. The molecular formula is C39H42N6O12S3. The second-order valence-corrected chi connectivity index (χ2v) is 15.3. The van der Waals surface area contributed by atoms with Crippen LogP contribution in [0.4, 0.5) is 31.4 Å². The standard InChI is InChI=1S/C39H42N6O12S3/c46-31(16-25-58-34(49)40-28-10-4-1-5-11-28)55-22-19-43-37(52)44(20-23-56-32(47)17-26-59-35(50)41-29-12-6-2-7-13-29)39(54)45(38(43)53)21-24-57-33(48)18-27-60-36(51)42-30-14-8-3-9-15-30/h1-15H,16-27H2,(H,40,49)(H,41,50)(H,42,51). The lowest BCUT2D eigenvalue weighted by Crippen LogP contribution is -2.55. The van der Waals surface area contributed by atoms with Crippen molar-refractivity contribution in [2.45, 2.75) is 38.9 Å². The molecule has 0 atom stereocenters. The Labute approximate surface area is 355 Å². The van der Waals surface area contributed by atoms with Crippen molar-refractivity contribution in [1.29, 1.82) is 0 Å². The van der Waals surface area contributed by atoms with E-state index in [-0.39, 0.29) is 52.2 Å². The Kier molecular flexibility index (Phi) is 19.8. The van der Waals surface area contributed by atoms with Crippen molar-refractivity contribution < 1.29 is 43.0 Å². The van der Waals surface area contributed by atoms with Gasteiger partial charge in [0, 0.05) is 34.3 Å². The lowest BCUT2D eigenvalue weighted by molar-refractivity contribution is -0.144. The van der Waals surface area contributed by atoms with Crippen LogP contribution in [-0.2, 0) is 48.2 Å². The minimum absolute atomic E-state index is 0.0890. The maximum Gasteiger partial charge on any atom is 0.336 e. The highest BCUT2D eigenvalue weighted by Crippen LogP contribution is 2.14. The molecule has 21 heteroatoms. The third-order valence-electron chi connectivity index (χ3n) is 7.80. The topological polar surface area (TPSA) is 232 Å². The number of rotatable bonds is 21. The highest BCUT2D eigenvalue weighted by atomic mass is 32.2. The number of carbonyl (C=O) groups is 6. The number of anilines is 3. The quantitative estimate of drug-likeness (QED) is 0.0749. The number of carbonyl (C=O) groups excluding carboxylic acids is 6. The molecule has 0 aliphatic rings. The zero-order chi connectivity index (χ0) is 43.1. The summed E-state index contributed by atoms with van der Waals surface area (Å²) >= 11 is 2.59. The maximum atomic E-state index is 13.4. The number of amides is 3. The first-order valence-electron chi connectivity index (χ1n) is 18.4. The molecule has 0 spiro atoms. The summed E-state index contributed by atoms with van der Waals surface area (Å²) in [7, 11) is 0. The van der Waals surface area contributed by atoms with Crippen molar-refractivity contribution in [3.63, 3.8) is 0 Å².